The van der Waals surface area contributed by atoms with Gasteiger partial charge in [0.25, 0.3) is 0 Å². The minimum absolute atomic E-state index is 0.537. The molecule has 6 heteroatoms. The van der Waals surface area contributed by atoms with Gasteiger partial charge >= 0.3 is 0 Å². The first kappa shape index (κ1) is 18.3. The van der Waals surface area contributed by atoms with Gasteiger partial charge in [0.2, 0.25) is 0 Å². The number of guanidine groups is 1. The predicted molar refractivity (Wildman–Crippen MR) is 99.5 cm³/mol. The lowest BCUT2D eigenvalue weighted by Gasteiger charge is -2.10. The van der Waals surface area contributed by atoms with E-state index in [9.17, 15) is 4.21 Å². The summed E-state index contributed by atoms with van der Waals surface area (Å²) in [6, 6.07) is 13.7. The number of rotatable bonds is 9. The van der Waals surface area contributed by atoms with Gasteiger partial charge in [0.1, 0.15) is 5.76 Å². The second kappa shape index (κ2) is 10.6. The third kappa shape index (κ3) is 7.00. The molecule has 1 aromatic carbocycles. The number of benzene rings is 1. The van der Waals surface area contributed by atoms with Gasteiger partial charge in [-0.15, -0.1) is 0 Å². The molecule has 0 spiro atoms. The summed E-state index contributed by atoms with van der Waals surface area (Å²) in [7, 11) is -0.899. The molecule has 130 valence electrons. The second-order valence-corrected chi connectivity index (χ2v) is 6.87. The monoisotopic (exact) mass is 347 g/mol. The second-order valence-electron chi connectivity index (χ2n) is 5.29. The Labute approximate surface area is 146 Å². The van der Waals surface area contributed by atoms with E-state index in [1.807, 2.05) is 49.4 Å². The summed E-state index contributed by atoms with van der Waals surface area (Å²) < 4.78 is 17.4. The molecule has 0 bridgehead atoms. The van der Waals surface area contributed by atoms with Crippen LogP contribution in [-0.2, 0) is 23.0 Å². The molecule has 2 N–H and O–H groups in total. The average Bonchev–Trinajstić information content (AvgIpc) is 3.09. The maximum atomic E-state index is 12.1. The van der Waals surface area contributed by atoms with E-state index in [1.54, 1.807) is 6.26 Å². The Morgan fingerprint density at radius 1 is 1.17 bits per heavy atom. The molecule has 0 saturated heterocycles. The van der Waals surface area contributed by atoms with Crippen molar-refractivity contribution in [1.29, 1.82) is 0 Å². The molecule has 0 saturated carbocycles. The minimum atomic E-state index is -0.899. The zero-order valence-corrected chi connectivity index (χ0v) is 14.8. The Morgan fingerprint density at radius 2 is 2.00 bits per heavy atom. The van der Waals surface area contributed by atoms with Gasteiger partial charge in [-0.25, -0.2) is 0 Å². The molecule has 2 aromatic rings. The first-order valence-corrected chi connectivity index (χ1v) is 9.70. The lowest BCUT2D eigenvalue weighted by atomic mass is 10.2. The number of nitrogens with zero attached hydrogens (tertiary/aromatic N) is 1. The maximum Gasteiger partial charge on any atom is 0.191 e. The van der Waals surface area contributed by atoms with E-state index in [0.29, 0.717) is 18.1 Å². The van der Waals surface area contributed by atoms with E-state index >= 15 is 0 Å². The summed E-state index contributed by atoms with van der Waals surface area (Å²) in [5.74, 6) is 2.84. The van der Waals surface area contributed by atoms with Crippen LogP contribution in [0.2, 0.25) is 0 Å². The molecule has 5 nitrogen and oxygen atoms in total. The molecule has 1 heterocycles. The zero-order valence-electron chi connectivity index (χ0n) is 14.0. The molecule has 1 atom stereocenters. The fourth-order valence-electron chi connectivity index (χ4n) is 2.19. The van der Waals surface area contributed by atoms with Crippen molar-refractivity contribution in [2.24, 2.45) is 4.99 Å². The van der Waals surface area contributed by atoms with Crippen LogP contribution in [0.4, 0.5) is 0 Å². The van der Waals surface area contributed by atoms with E-state index in [1.165, 1.54) is 0 Å². The molecule has 0 radical (unpaired) electrons. The lowest BCUT2D eigenvalue weighted by molar-refractivity contribution is 0.507. The molecule has 1 aromatic heterocycles. The first-order valence-electron chi connectivity index (χ1n) is 8.21. The molecule has 1 unspecified atom stereocenters. The van der Waals surface area contributed by atoms with E-state index in [-0.39, 0.29) is 0 Å². The van der Waals surface area contributed by atoms with Gasteiger partial charge in [0.05, 0.1) is 12.8 Å². The number of hydrogen-bond acceptors (Lipinski definition) is 3. The molecule has 2 rings (SSSR count). The summed E-state index contributed by atoms with van der Waals surface area (Å²) in [5, 5.41) is 6.46. The minimum Gasteiger partial charge on any atom is -0.469 e. The van der Waals surface area contributed by atoms with Gasteiger partial charge < -0.3 is 15.1 Å². The number of aliphatic imine (C=N–C) groups is 1. The number of nitrogens with one attached hydrogen (secondary N) is 2. The highest BCUT2D eigenvalue weighted by molar-refractivity contribution is 7.84. The Morgan fingerprint density at radius 3 is 2.71 bits per heavy atom. The topological polar surface area (TPSA) is 66.6 Å². The van der Waals surface area contributed by atoms with Crippen LogP contribution in [0.25, 0.3) is 0 Å². The summed E-state index contributed by atoms with van der Waals surface area (Å²) in [5.41, 5.74) is 1.10. The van der Waals surface area contributed by atoms with Crippen molar-refractivity contribution < 1.29 is 8.63 Å². The SMILES string of the molecule is CCNC(=NCCS(=O)Cc1ccccc1)NCCc1ccco1. The molecule has 24 heavy (non-hydrogen) atoms. The molecular formula is C18H25N3O2S. The smallest absolute Gasteiger partial charge is 0.191 e. The van der Waals surface area contributed by atoms with Crippen molar-refractivity contribution in [2.45, 2.75) is 19.1 Å². The Hall–Kier alpha value is -2.08. The highest BCUT2D eigenvalue weighted by atomic mass is 32.2. The van der Waals surface area contributed by atoms with E-state index in [0.717, 1.165) is 36.8 Å². The summed E-state index contributed by atoms with van der Waals surface area (Å²) in [4.78, 5) is 4.48. The van der Waals surface area contributed by atoms with Crippen LogP contribution in [-0.4, -0.2) is 35.6 Å². The first-order chi connectivity index (χ1) is 11.8. The Balaban J connectivity index is 1.72. The number of furan rings is 1. The van der Waals surface area contributed by atoms with Crippen molar-refractivity contribution in [1.82, 2.24) is 10.6 Å². The van der Waals surface area contributed by atoms with Crippen molar-refractivity contribution in [3.05, 3.63) is 60.1 Å². The van der Waals surface area contributed by atoms with Gasteiger partial charge in [-0.2, -0.15) is 0 Å². The Kier molecular flexibility index (Phi) is 8.10. The van der Waals surface area contributed by atoms with Crippen LogP contribution in [0, 0.1) is 0 Å². The predicted octanol–water partition coefficient (Wildman–Crippen LogP) is 2.33. The lowest BCUT2D eigenvalue weighted by Crippen LogP contribution is -2.38. The molecule has 0 amide bonds. The summed E-state index contributed by atoms with van der Waals surface area (Å²) >= 11 is 0. The quantitative estimate of drug-likeness (QED) is 0.540. The van der Waals surface area contributed by atoms with E-state index in [2.05, 4.69) is 15.6 Å². The molecule has 0 aliphatic rings. The normalized spacial score (nSPS) is 12.8. The molecule has 0 aliphatic heterocycles. The fraction of sp³-hybridized carbons (Fsp3) is 0.389. The van der Waals surface area contributed by atoms with Crippen LogP contribution < -0.4 is 10.6 Å². The third-order valence-corrected chi connectivity index (χ3v) is 4.64. The van der Waals surface area contributed by atoms with Gasteiger partial charge in [-0.05, 0) is 24.6 Å². The van der Waals surface area contributed by atoms with Gasteiger partial charge in [0.15, 0.2) is 5.96 Å². The highest BCUT2D eigenvalue weighted by Crippen LogP contribution is 2.03. The van der Waals surface area contributed by atoms with Crippen LogP contribution in [0.1, 0.15) is 18.2 Å². The van der Waals surface area contributed by atoms with Crippen molar-refractivity contribution >= 4 is 16.8 Å². The van der Waals surface area contributed by atoms with Crippen molar-refractivity contribution in [3.63, 3.8) is 0 Å². The third-order valence-electron chi connectivity index (χ3n) is 3.35. The molecule has 0 fully saturated rings. The fourth-order valence-corrected chi connectivity index (χ4v) is 3.20. The molecule has 0 aliphatic carbocycles. The van der Waals surface area contributed by atoms with Crippen molar-refractivity contribution in [3.8, 4) is 0 Å². The van der Waals surface area contributed by atoms with Crippen LogP contribution >= 0.6 is 0 Å². The Bertz CT molecular complexity index is 627. The number of hydrogen-bond donors (Lipinski definition) is 2. The highest BCUT2D eigenvalue weighted by Gasteiger charge is 2.03. The van der Waals surface area contributed by atoms with Crippen LogP contribution in [0.5, 0.6) is 0 Å². The standard InChI is InChI=1S/C18H25N3O2S/c1-2-19-18(20-11-10-17-9-6-13-23-17)21-12-14-24(22)15-16-7-4-3-5-8-16/h3-9,13H,2,10-12,14-15H2,1H3,(H2,19,20,21). The zero-order chi connectivity index (χ0) is 17.0. The summed E-state index contributed by atoms with van der Waals surface area (Å²) in [6.07, 6.45) is 2.48. The van der Waals surface area contributed by atoms with E-state index in [4.69, 9.17) is 4.42 Å². The largest absolute Gasteiger partial charge is 0.469 e. The van der Waals surface area contributed by atoms with Crippen molar-refractivity contribution in [2.75, 3.05) is 25.4 Å². The average molecular weight is 347 g/mol. The van der Waals surface area contributed by atoms with Gasteiger partial charge in [-0.3, -0.25) is 9.20 Å². The van der Waals surface area contributed by atoms with Gasteiger partial charge in [-0.1, -0.05) is 30.3 Å². The summed E-state index contributed by atoms with van der Waals surface area (Å²) in [6.45, 7) is 4.10. The van der Waals surface area contributed by atoms with E-state index < -0.39 is 10.8 Å². The van der Waals surface area contributed by atoms with Gasteiger partial charge in [0, 0.05) is 41.8 Å². The molecular weight excluding hydrogens is 322 g/mol. The van der Waals surface area contributed by atoms with Crippen LogP contribution in [0.3, 0.4) is 0 Å². The maximum absolute atomic E-state index is 12.1. The van der Waals surface area contributed by atoms with Crippen LogP contribution in [0.15, 0.2) is 58.1 Å².